The van der Waals surface area contributed by atoms with Crippen LogP contribution in [0.5, 0.6) is 0 Å². The summed E-state index contributed by atoms with van der Waals surface area (Å²) in [5, 5.41) is 2.13. The number of aromatic nitrogens is 1. The molecule has 1 saturated heterocycles. The van der Waals surface area contributed by atoms with Crippen LogP contribution in [0.2, 0.25) is 5.02 Å². The van der Waals surface area contributed by atoms with Crippen LogP contribution in [0.25, 0.3) is 10.8 Å². The van der Waals surface area contributed by atoms with E-state index in [-0.39, 0.29) is 11.1 Å². The van der Waals surface area contributed by atoms with Crippen molar-refractivity contribution in [2.45, 2.75) is 52.7 Å². The highest BCUT2D eigenvalue weighted by atomic mass is 35.5. The lowest BCUT2D eigenvalue weighted by Gasteiger charge is -2.42. The number of pyridine rings is 1. The largest absolute Gasteiger partial charge is 0.311 e. The van der Waals surface area contributed by atoms with Crippen molar-refractivity contribution in [2.75, 3.05) is 26.2 Å². The molecule has 3 rings (SSSR count). The SMILES string of the molecule is CCCn1c(CN2CCN(C(C)(C)C)CC2)cc2cccc(Cl)c2c1=O. The molecule has 0 aliphatic carbocycles. The number of benzene rings is 1. The quantitative estimate of drug-likeness (QED) is 0.809. The first-order valence-electron chi connectivity index (χ1n) is 9.59. The minimum atomic E-state index is 0.0401. The molecule has 0 unspecified atom stereocenters. The molecule has 0 N–H and O–H groups in total. The first kappa shape index (κ1) is 19.4. The van der Waals surface area contributed by atoms with Gasteiger partial charge in [0.15, 0.2) is 0 Å². The number of hydrogen-bond donors (Lipinski definition) is 0. The van der Waals surface area contributed by atoms with E-state index in [2.05, 4.69) is 43.6 Å². The summed E-state index contributed by atoms with van der Waals surface area (Å²) >= 11 is 6.31. The summed E-state index contributed by atoms with van der Waals surface area (Å²) in [4.78, 5) is 18.0. The van der Waals surface area contributed by atoms with Crippen molar-refractivity contribution < 1.29 is 0 Å². The van der Waals surface area contributed by atoms with E-state index in [0.717, 1.165) is 56.8 Å². The highest BCUT2D eigenvalue weighted by Crippen LogP contribution is 2.22. The van der Waals surface area contributed by atoms with E-state index >= 15 is 0 Å². The van der Waals surface area contributed by atoms with E-state index in [0.29, 0.717) is 10.4 Å². The van der Waals surface area contributed by atoms with Crippen LogP contribution in [0.15, 0.2) is 29.1 Å². The molecule has 0 radical (unpaired) electrons. The summed E-state index contributed by atoms with van der Waals surface area (Å²) in [7, 11) is 0. The Morgan fingerprint density at radius 1 is 1.12 bits per heavy atom. The van der Waals surface area contributed by atoms with Crippen LogP contribution in [-0.4, -0.2) is 46.1 Å². The van der Waals surface area contributed by atoms with Crippen LogP contribution in [-0.2, 0) is 13.1 Å². The van der Waals surface area contributed by atoms with Crippen LogP contribution in [0.4, 0.5) is 0 Å². The number of halogens is 1. The molecule has 1 aliphatic heterocycles. The molecule has 0 amide bonds. The van der Waals surface area contributed by atoms with Crippen molar-refractivity contribution in [1.82, 2.24) is 14.4 Å². The molecule has 26 heavy (non-hydrogen) atoms. The molecule has 5 heteroatoms. The summed E-state index contributed by atoms with van der Waals surface area (Å²) in [6.45, 7) is 14.7. The predicted octanol–water partition coefficient (Wildman–Crippen LogP) is 3.98. The Kier molecular flexibility index (Phi) is 5.75. The zero-order chi connectivity index (χ0) is 18.9. The smallest absolute Gasteiger partial charge is 0.260 e. The standard InChI is InChI=1S/C21H30ClN3O/c1-5-9-25-17(14-16-7-6-8-18(22)19(16)20(25)26)15-23-10-12-24(13-11-23)21(2,3)4/h6-8,14H,5,9-13,15H2,1-4H3. The topological polar surface area (TPSA) is 28.5 Å². The summed E-state index contributed by atoms with van der Waals surface area (Å²) in [6, 6.07) is 7.85. The van der Waals surface area contributed by atoms with E-state index in [1.54, 1.807) is 6.07 Å². The molecular formula is C21H30ClN3O. The van der Waals surface area contributed by atoms with Gasteiger partial charge in [-0.3, -0.25) is 14.6 Å². The van der Waals surface area contributed by atoms with Crippen LogP contribution in [0.1, 0.15) is 39.8 Å². The number of nitrogens with zero attached hydrogens (tertiary/aromatic N) is 3. The third kappa shape index (κ3) is 3.98. The van der Waals surface area contributed by atoms with E-state index in [1.807, 2.05) is 16.7 Å². The van der Waals surface area contributed by atoms with Crippen LogP contribution in [0.3, 0.4) is 0 Å². The average molecular weight is 376 g/mol. The fraction of sp³-hybridized carbons (Fsp3) is 0.571. The lowest BCUT2D eigenvalue weighted by molar-refractivity contribution is 0.0580. The molecule has 2 heterocycles. The Labute approximate surface area is 161 Å². The lowest BCUT2D eigenvalue weighted by atomic mass is 10.0. The van der Waals surface area contributed by atoms with Crippen molar-refractivity contribution in [2.24, 2.45) is 0 Å². The summed E-state index contributed by atoms with van der Waals surface area (Å²) in [6.07, 6.45) is 0.931. The third-order valence-electron chi connectivity index (χ3n) is 5.33. The van der Waals surface area contributed by atoms with Crippen molar-refractivity contribution in [1.29, 1.82) is 0 Å². The summed E-state index contributed by atoms with van der Waals surface area (Å²) in [5.41, 5.74) is 1.35. The maximum absolute atomic E-state index is 13.0. The van der Waals surface area contributed by atoms with Gasteiger partial charge in [0.2, 0.25) is 0 Å². The molecule has 1 fully saturated rings. The van der Waals surface area contributed by atoms with Gasteiger partial charge in [-0.15, -0.1) is 0 Å². The number of piperazine rings is 1. The molecule has 0 spiro atoms. The zero-order valence-corrected chi connectivity index (χ0v) is 17.1. The fourth-order valence-electron chi connectivity index (χ4n) is 3.82. The average Bonchev–Trinajstić information content (AvgIpc) is 2.58. The zero-order valence-electron chi connectivity index (χ0n) is 16.4. The first-order chi connectivity index (χ1) is 12.3. The number of rotatable bonds is 4. The highest BCUT2D eigenvalue weighted by molar-refractivity contribution is 6.35. The lowest BCUT2D eigenvalue weighted by Crippen LogP contribution is -2.53. The number of fused-ring (bicyclic) bond motifs is 1. The van der Waals surface area contributed by atoms with Gasteiger partial charge in [-0.1, -0.05) is 30.7 Å². The van der Waals surface area contributed by atoms with Gasteiger partial charge in [-0.05, 0) is 44.7 Å². The summed E-state index contributed by atoms with van der Waals surface area (Å²) in [5.74, 6) is 0. The molecule has 0 bridgehead atoms. The van der Waals surface area contributed by atoms with Gasteiger partial charge >= 0.3 is 0 Å². The maximum atomic E-state index is 13.0. The Bertz CT molecular complexity index is 829. The normalized spacial score (nSPS) is 17.1. The Balaban J connectivity index is 1.88. The molecular weight excluding hydrogens is 346 g/mol. The van der Waals surface area contributed by atoms with Crippen molar-refractivity contribution >= 4 is 22.4 Å². The number of hydrogen-bond acceptors (Lipinski definition) is 3. The fourth-order valence-corrected chi connectivity index (χ4v) is 4.08. The second-order valence-electron chi connectivity index (χ2n) is 8.23. The van der Waals surface area contributed by atoms with Crippen molar-refractivity contribution in [3.05, 3.63) is 45.3 Å². The minimum Gasteiger partial charge on any atom is -0.311 e. The van der Waals surface area contributed by atoms with Crippen LogP contribution < -0.4 is 5.56 Å². The second kappa shape index (κ2) is 7.71. The first-order valence-corrected chi connectivity index (χ1v) is 9.97. The molecule has 1 aliphatic rings. The molecule has 1 aromatic carbocycles. The van der Waals surface area contributed by atoms with Gasteiger partial charge < -0.3 is 4.57 Å². The van der Waals surface area contributed by atoms with Gasteiger partial charge in [0, 0.05) is 50.5 Å². The Morgan fingerprint density at radius 2 is 1.81 bits per heavy atom. The van der Waals surface area contributed by atoms with Crippen LogP contribution >= 0.6 is 11.6 Å². The van der Waals surface area contributed by atoms with Gasteiger partial charge in [0.05, 0.1) is 10.4 Å². The monoisotopic (exact) mass is 375 g/mol. The predicted molar refractivity (Wildman–Crippen MR) is 110 cm³/mol. The third-order valence-corrected chi connectivity index (χ3v) is 5.64. The second-order valence-corrected chi connectivity index (χ2v) is 8.64. The molecule has 2 aromatic rings. The van der Waals surface area contributed by atoms with Crippen molar-refractivity contribution in [3.63, 3.8) is 0 Å². The molecule has 0 atom stereocenters. The van der Waals surface area contributed by atoms with Gasteiger partial charge in [0.1, 0.15) is 0 Å². The Hall–Kier alpha value is -1.36. The maximum Gasteiger partial charge on any atom is 0.260 e. The molecule has 1 aromatic heterocycles. The van der Waals surface area contributed by atoms with Crippen LogP contribution in [0, 0.1) is 0 Å². The summed E-state index contributed by atoms with van der Waals surface area (Å²) < 4.78 is 1.92. The van der Waals surface area contributed by atoms with Gasteiger partial charge in [-0.25, -0.2) is 0 Å². The molecule has 4 nitrogen and oxygen atoms in total. The van der Waals surface area contributed by atoms with E-state index in [4.69, 9.17) is 11.6 Å². The molecule has 0 saturated carbocycles. The highest BCUT2D eigenvalue weighted by Gasteiger charge is 2.26. The van der Waals surface area contributed by atoms with Gasteiger partial charge in [0.25, 0.3) is 5.56 Å². The van der Waals surface area contributed by atoms with E-state index in [1.165, 1.54) is 0 Å². The minimum absolute atomic E-state index is 0.0401. The van der Waals surface area contributed by atoms with Crippen molar-refractivity contribution in [3.8, 4) is 0 Å². The molecule has 142 valence electrons. The van der Waals surface area contributed by atoms with E-state index < -0.39 is 0 Å². The van der Waals surface area contributed by atoms with Gasteiger partial charge in [-0.2, -0.15) is 0 Å². The Morgan fingerprint density at radius 3 is 2.42 bits per heavy atom. The van der Waals surface area contributed by atoms with E-state index in [9.17, 15) is 4.79 Å².